The molecule has 80 heavy (non-hydrogen) atoms. The van der Waals surface area contributed by atoms with E-state index >= 15 is 4.57 Å². The average Bonchev–Trinajstić information content (AvgIpc) is 4.41. The van der Waals surface area contributed by atoms with E-state index in [1.165, 1.54) is 70.8 Å². The number of aromatic nitrogens is 8. The van der Waals surface area contributed by atoms with Crippen LogP contribution in [0.5, 0.6) is 0 Å². The van der Waals surface area contributed by atoms with Gasteiger partial charge in [0.15, 0.2) is 53.7 Å². The Labute approximate surface area is 454 Å². The quantitative estimate of drug-likeness (QED) is 0.0473. The lowest BCUT2D eigenvalue weighted by molar-refractivity contribution is -0.0655. The normalized spacial score (nSPS) is 21.4. The number of esters is 4. The fraction of sp³-hybridized carbons (Fsp3) is 0.200. The second-order valence-corrected chi connectivity index (χ2v) is 19.7. The average molecular weight is 1100 g/mol. The van der Waals surface area contributed by atoms with Gasteiger partial charge in [0, 0.05) is 0 Å². The van der Waals surface area contributed by atoms with Gasteiger partial charge in [-0.15, -0.1) is 0 Å². The summed E-state index contributed by atoms with van der Waals surface area (Å²) in [5, 5.41) is 0. The highest BCUT2D eigenvalue weighted by molar-refractivity contribution is 7.48. The van der Waals surface area contributed by atoms with Gasteiger partial charge in [0.2, 0.25) is 0 Å². The monoisotopic (exact) mass is 1100 g/mol. The van der Waals surface area contributed by atoms with E-state index in [0.717, 1.165) is 0 Å². The van der Waals surface area contributed by atoms with Gasteiger partial charge in [-0.05, 0) is 54.1 Å². The summed E-state index contributed by atoms with van der Waals surface area (Å²) in [6, 6.07) is 40.9. The standard InChI is InChI=1S/C55H47N10O14P/c56-46-40-48(60-29-58-46)64(31-62-40)50-44(77-54(68)36-22-12-4-13-23-36)42(76-53(67)35-20-10-3-11-21-35)39(75-50)28-73-80(70,72-26-33-16-6-1-7-17-33)79-43-38(27-71-52(66)34-18-8-2-9-19-34)74-51(45(43)78-55(69)37-24-14-5-15-25-37)65-32-63-41-47(57)59-30-61-49(41)65/h1-25,29-32,38-39,42-45,50-51H,26-28H2,(H2,56,58,60)(H2,57,59,61)/t38-,39-,42-,43-,44-,45-,50-,51-,80?/m1/s1. The molecule has 2 saturated heterocycles. The Balaban J connectivity index is 0.989. The summed E-state index contributed by atoms with van der Waals surface area (Å²) in [6.07, 6.45) is -6.93. The van der Waals surface area contributed by atoms with Crippen LogP contribution in [0, 0.1) is 0 Å². The van der Waals surface area contributed by atoms with Crippen molar-refractivity contribution >= 4 is 65.7 Å². The van der Waals surface area contributed by atoms with Crippen LogP contribution < -0.4 is 11.5 Å². The molecule has 11 rings (SSSR count). The zero-order chi connectivity index (χ0) is 55.2. The van der Waals surface area contributed by atoms with Gasteiger partial charge < -0.3 is 39.9 Å². The Morgan fingerprint density at radius 1 is 0.475 bits per heavy atom. The van der Waals surface area contributed by atoms with E-state index in [-0.39, 0.29) is 62.8 Å². The van der Waals surface area contributed by atoms with Crippen LogP contribution in [-0.4, -0.2) is 113 Å². The SMILES string of the molecule is Nc1ncnc2c1ncn2[C@@H]1O[C@H](COP(=O)(OCc2ccccc2)O[C@H]2[C@@H](OC(=O)c3ccccc3)[C@H](n3cnc4c(N)ncnc43)O[C@@H]2COC(=O)c2ccccc2)[C@@H](OC(=O)c2ccccc2)[C@H]1OC(=O)c1ccccc1. The third-order valence-corrected chi connectivity index (χ3v) is 14.3. The number of carbonyl (C=O) groups excluding carboxylic acids is 4. The van der Waals surface area contributed by atoms with Crippen LogP contribution in [0.4, 0.5) is 11.6 Å². The Kier molecular flexibility index (Phi) is 15.4. The molecular weight excluding hydrogens is 1060 g/mol. The molecule has 9 atom stereocenters. The summed E-state index contributed by atoms with van der Waals surface area (Å²) in [7, 11) is -5.15. The Hall–Kier alpha value is -9.29. The summed E-state index contributed by atoms with van der Waals surface area (Å²) in [4.78, 5) is 81.7. The molecule has 2 aliphatic rings. The maximum absolute atomic E-state index is 16.0. The molecule has 406 valence electrons. The number of imidazole rings is 2. The van der Waals surface area contributed by atoms with Crippen LogP contribution in [-0.2, 0) is 53.2 Å². The third-order valence-electron chi connectivity index (χ3n) is 12.9. The van der Waals surface area contributed by atoms with Gasteiger partial charge in [0.1, 0.15) is 48.6 Å². The lowest BCUT2D eigenvalue weighted by Gasteiger charge is -2.29. The number of carbonyl (C=O) groups is 4. The van der Waals surface area contributed by atoms with Crippen molar-refractivity contribution in [2.45, 2.75) is 55.7 Å². The van der Waals surface area contributed by atoms with Crippen molar-refractivity contribution in [3.63, 3.8) is 0 Å². The van der Waals surface area contributed by atoms with Gasteiger partial charge in [-0.3, -0.25) is 22.7 Å². The number of rotatable bonds is 19. The van der Waals surface area contributed by atoms with E-state index < -0.39 is 94.0 Å². The molecule has 0 amide bonds. The van der Waals surface area contributed by atoms with Crippen molar-refractivity contribution in [1.29, 1.82) is 0 Å². The molecule has 4 N–H and O–H groups in total. The minimum absolute atomic E-state index is 0.0257. The van der Waals surface area contributed by atoms with E-state index in [0.29, 0.717) is 5.56 Å². The van der Waals surface area contributed by atoms with E-state index in [1.54, 1.807) is 115 Å². The molecule has 0 bridgehead atoms. The number of phosphoric acid groups is 1. The number of phosphoric ester groups is 1. The molecular formula is C55H47N10O14P. The number of benzene rings is 5. The number of nitrogens with two attached hydrogens (primary N) is 2. The van der Waals surface area contributed by atoms with Gasteiger partial charge in [-0.25, -0.2) is 53.6 Å². The highest BCUT2D eigenvalue weighted by atomic mass is 31.2. The minimum atomic E-state index is -5.15. The van der Waals surface area contributed by atoms with Crippen molar-refractivity contribution in [2.24, 2.45) is 0 Å². The molecule has 2 aliphatic heterocycles. The summed E-state index contributed by atoms with van der Waals surface area (Å²) < 4.78 is 75.8. The molecule has 1 unspecified atom stereocenters. The number of ether oxygens (including phenoxy) is 6. The summed E-state index contributed by atoms with van der Waals surface area (Å²) in [5.74, 6) is -3.23. The predicted octanol–water partition coefficient (Wildman–Crippen LogP) is 6.89. The van der Waals surface area contributed by atoms with Gasteiger partial charge in [-0.2, -0.15) is 0 Å². The highest BCUT2D eigenvalue weighted by Gasteiger charge is 2.56. The van der Waals surface area contributed by atoms with Crippen molar-refractivity contribution in [2.75, 3.05) is 24.7 Å². The van der Waals surface area contributed by atoms with E-state index in [2.05, 4.69) is 29.9 Å². The van der Waals surface area contributed by atoms with Crippen LogP contribution >= 0.6 is 7.82 Å². The molecule has 5 aromatic carbocycles. The first kappa shape index (κ1) is 52.7. The minimum Gasteiger partial charge on any atom is -0.459 e. The van der Waals surface area contributed by atoms with Crippen LogP contribution in [0.2, 0.25) is 0 Å². The maximum atomic E-state index is 16.0. The molecule has 0 aliphatic carbocycles. The second-order valence-electron chi connectivity index (χ2n) is 18.0. The zero-order valence-electron chi connectivity index (χ0n) is 41.9. The molecule has 0 saturated carbocycles. The number of hydrogen-bond acceptors (Lipinski definition) is 22. The van der Waals surface area contributed by atoms with Crippen LogP contribution in [0.15, 0.2) is 177 Å². The molecule has 25 heteroatoms. The highest BCUT2D eigenvalue weighted by Crippen LogP contribution is 2.55. The fourth-order valence-corrected chi connectivity index (χ4v) is 10.4. The third kappa shape index (κ3) is 11.3. The first-order valence-corrected chi connectivity index (χ1v) is 26.2. The van der Waals surface area contributed by atoms with Crippen LogP contribution in [0.25, 0.3) is 22.3 Å². The molecule has 0 radical (unpaired) electrons. The topological polar surface area (TPSA) is 308 Å². The van der Waals surface area contributed by atoms with Crippen molar-refractivity contribution in [1.82, 2.24) is 39.0 Å². The fourth-order valence-electron chi connectivity index (χ4n) is 9.02. The number of fused-ring (bicyclic) bond motifs is 2. The smallest absolute Gasteiger partial charge is 0.459 e. The van der Waals surface area contributed by atoms with E-state index in [4.69, 9.17) is 53.5 Å². The lowest BCUT2D eigenvalue weighted by Crippen LogP contribution is -2.41. The Morgan fingerprint density at radius 3 is 1.34 bits per heavy atom. The summed E-state index contributed by atoms with van der Waals surface area (Å²) >= 11 is 0. The molecule has 24 nitrogen and oxygen atoms in total. The zero-order valence-corrected chi connectivity index (χ0v) is 42.8. The van der Waals surface area contributed by atoms with E-state index in [9.17, 15) is 19.2 Å². The summed E-state index contributed by atoms with van der Waals surface area (Å²) in [5.41, 5.74) is 14.2. The number of hydrogen-bond donors (Lipinski definition) is 2. The van der Waals surface area contributed by atoms with Crippen LogP contribution in [0.3, 0.4) is 0 Å². The van der Waals surface area contributed by atoms with Crippen LogP contribution in [0.1, 0.15) is 59.5 Å². The molecule has 9 aromatic rings. The van der Waals surface area contributed by atoms with Gasteiger partial charge >= 0.3 is 31.7 Å². The molecule has 4 aromatic heterocycles. The van der Waals surface area contributed by atoms with Gasteiger partial charge in [-0.1, -0.05) is 103 Å². The number of nitrogens with zero attached hydrogens (tertiary/aromatic N) is 8. The largest absolute Gasteiger partial charge is 0.475 e. The molecule has 2 fully saturated rings. The number of anilines is 2. The lowest BCUT2D eigenvalue weighted by atomic mass is 10.1. The van der Waals surface area contributed by atoms with Gasteiger partial charge in [0.25, 0.3) is 0 Å². The van der Waals surface area contributed by atoms with Crippen molar-refractivity contribution in [3.8, 4) is 0 Å². The predicted molar refractivity (Wildman–Crippen MR) is 281 cm³/mol. The molecule has 0 spiro atoms. The number of nitrogen functional groups attached to an aromatic ring is 2. The molecule has 6 heterocycles. The van der Waals surface area contributed by atoms with E-state index in [1.807, 2.05) is 0 Å². The summed E-state index contributed by atoms with van der Waals surface area (Å²) in [6.45, 7) is -1.75. The Bertz CT molecular complexity index is 3700. The maximum Gasteiger partial charge on any atom is 0.475 e. The van der Waals surface area contributed by atoms with Crippen molar-refractivity contribution < 1.29 is 65.7 Å². The first-order chi connectivity index (χ1) is 39.0. The first-order valence-electron chi connectivity index (χ1n) is 24.8. The Morgan fingerprint density at radius 2 is 0.875 bits per heavy atom. The second kappa shape index (κ2) is 23.4. The van der Waals surface area contributed by atoms with Gasteiger partial charge in [0.05, 0.1) is 48.1 Å². The van der Waals surface area contributed by atoms with Crippen molar-refractivity contribution in [3.05, 3.63) is 205 Å².